The fourth-order valence-corrected chi connectivity index (χ4v) is 4.93. The molecule has 9 nitrogen and oxygen atoms in total. The summed E-state index contributed by atoms with van der Waals surface area (Å²) in [7, 11) is 0. The van der Waals surface area contributed by atoms with Crippen LogP contribution in [-0.2, 0) is 12.1 Å². The van der Waals surface area contributed by atoms with Crippen molar-refractivity contribution in [2.75, 3.05) is 0 Å². The summed E-state index contributed by atoms with van der Waals surface area (Å²) in [5, 5.41) is 28.3. The smallest absolute Gasteiger partial charge is 0.352 e. The van der Waals surface area contributed by atoms with Crippen molar-refractivity contribution in [2.24, 2.45) is 5.92 Å². The van der Waals surface area contributed by atoms with Gasteiger partial charge in [0.2, 0.25) is 0 Å². The zero-order chi connectivity index (χ0) is 26.6. The highest BCUT2D eigenvalue weighted by atomic mass is 35.5. The quantitative estimate of drug-likeness (QED) is 0.321. The summed E-state index contributed by atoms with van der Waals surface area (Å²) >= 11 is 6.29. The van der Waals surface area contributed by atoms with Crippen LogP contribution < -0.4 is 16.6 Å². The number of hydrogen-bond donors (Lipinski definition) is 3. The average Bonchev–Trinajstić information content (AvgIpc) is 3.17. The third-order valence-corrected chi connectivity index (χ3v) is 7.22. The second-order valence-electron chi connectivity index (χ2n) is 9.74. The molecule has 1 saturated carbocycles. The fourth-order valence-electron chi connectivity index (χ4n) is 4.73. The maximum Gasteiger partial charge on any atom is 0.352 e. The number of nitrogens with zero attached hydrogens (tertiary/aromatic N) is 3. The van der Waals surface area contributed by atoms with E-state index in [-0.39, 0.29) is 28.7 Å². The van der Waals surface area contributed by atoms with E-state index < -0.39 is 29.0 Å². The molecule has 3 aromatic rings. The van der Waals surface area contributed by atoms with Crippen molar-refractivity contribution in [3.05, 3.63) is 91.7 Å². The molecule has 0 spiro atoms. The van der Waals surface area contributed by atoms with E-state index in [0.29, 0.717) is 5.56 Å². The Morgan fingerprint density at radius 1 is 1.14 bits per heavy atom. The van der Waals surface area contributed by atoms with Gasteiger partial charge in [-0.05, 0) is 43.5 Å². The Morgan fingerprint density at radius 2 is 1.81 bits per heavy atom. The first-order valence-electron chi connectivity index (χ1n) is 12.4. The summed E-state index contributed by atoms with van der Waals surface area (Å²) < 4.78 is 1.86. The Balaban J connectivity index is 1.61. The van der Waals surface area contributed by atoms with Crippen LogP contribution in [0.2, 0.25) is 5.02 Å². The number of aliphatic hydroxyl groups excluding tert-OH is 1. The first-order valence-corrected chi connectivity index (χ1v) is 12.8. The minimum atomic E-state index is -1.50. The fraction of sp³-hybridized carbons (Fsp3) is 0.407. The van der Waals surface area contributed by atoms with E-state index in [9.17, 15) is 24.6 Å². The third kappa shape index (κ3) is 6.18. The third-order valence-electron chi connectivity index (χ3n) is 6.89. The van der Waals surface area contributed by atoms with Gasteiger partial charge < -0.3 is 15.5 Å². The van der Waals surface area contributed by atoms with E-state index in [4.69, 9.17) is 11.6 Å². The van der Waals surface area contributed by atoms with Crippen LogP contribution in [0.1, 0.15) is 61.4 Å². The Kier molecular flexibility index (Phi) is 8.26. The van der Waals surface area contributed by atoms with Gasteiger partial charge in [-0.1, -0.05) is 67.6 Å². The summed E-state index contributed by atoms with van der Waals surface area (Å²) in [5.41, 5.74) is -2.14. The van der Waals surface area contributed by atoms with Crippen molar-refractivity contribution < 1.29 is 15.0 Å². The Morgan fingerprint density at radius 3 is 2.49 bits per heavy atom. The summed E-state index contributed by atoms with van der Waals surface area (Å²) in [6.07, 6.45) is 5.90. The predicted molar refractivity (Wildman–Crippen MR) is 140 cm³/mol. The van der Waals surface area contributed by atoms with Crippen molar-refractivity contribution in [1.29, 1.82) is 0 Å². The Bertz CT molecular complexity index is 1360. The zero-order valence-corrected chi connectivity index (χ0v) is 21.4. The molecule has 1 aliphatic rings. The van der Waals surface area contributed by atoms with Gasteiger partial charge in [0.05, 0.1) is 22.8 Å². The van der Waals surface area contributed by atoms with Gasteiger partial charge in [0.15, 0.2) is 0 Å². The zero-order valence-electron chi connectivity index (χ0n) is 20.6. The standard InChI is InChI=1S/C27H31ClN4O5/c1-27(37,19-11-7-4-8-12-19)17-31-23(33)16-29-32(26(31)36)20-13-14-22(28)21(15-20)25(35)30-24(34)18-9-5-2-3-6-10-18/h4,7-8,11-16,18,24,34,37H,2-3,5-6,9-10,17H2,1H3,(H,30,35). The number of rotatable bonds is 7. The van der Waals surface area contributed by atoms with Gasteiger partial charge in [0.25, 0.3) is 11.5 Å². The van der Waals surface area contributed by atoms with E-state index in [2.05, 4.69) is 10.4 Å². The monoisotopic (exact) mass is 526 g/mol. The van der Waals surface area contributed by atoms with Crippen LogP contribution in [0.4, 0.5) is 0 Å². The molecule has 1 heterocycles. The van der Waals surface area contributed by atoms with Crippen molar-refractivity contribution in [1.82, 2.24) is 19.7 Å². The molecule has 1 aliphatic carbocycles. The first kappa shape index (κ1) is 26.8. The van der Waals surface area contributed by atoms with Crippen LogP contribution in [0.5, 0.6) is 0 Å². The predicted octanol–water partition coefficient (Wildman–Crippen LogP) is 2.97. The lowest BCUT2D eigenvalue weighted by Crippen LogP contribution is -2.45. The minimum Gasteiger partial charge on any atom is -0.384 e. The highest BCUT2D eigenvalue weighted by molar-refractivity contribution is 6.33. The number of amides is 1. The van der Waals surface area contributed by atoms with Crippen LogP contribution in [-0.4, -0.2) is 36.7 Å². The lowest BCUT2D eigenvalue weighted by Gasteiger charge is -2.24. The second kappa shape index (κ2) is 11.4. The molecule has 1 fully saturated rings. The normalized spacial score (nSPS) is 17.0. The molecule has 3 N–H and O–H groups in total. The molecule has 2 aromatic carbocycles. The molecule has 1 aromatic heterocycles. The average molecular weight is 527 g/mol. The summed E-state index contributed by atoms with van der Waals surface area (Å²) in [5.74, 6) is -0.601. The van der Waals surface area contributed by atoms with Gasteiger partial charge in [-0.2, -0.15) is 9.78 Å². The SMILES string of the molecule is CC(O)(Cn1c(=O)cnn(-c2ccc(Cl)c(C(=O)NC(O)C3CCCCCC3)c2)c1=O)c1ccccc1. The number of aliphatic hydroxyl groups is 2. The molecule has 0 aliphatic heterocycles. The number of benzene rings is 2. The minimum absolute atomic E-state index is 0.0290. The first-order chi connectivity index (χ1) is 17.7. The Hall–Kier alpha value is -3.27. The molecule has 0 radical (unpaired) electrons. The van der Waals surface area contributed by atoms with Gasteiger partial charge >= 0.3 is 5.69 Å². The van der Waals surface area contributed by atoms with Crippen molar-refractivity contribution in [2.45, 2.75) is 63.8 Å². The molecule has 0 saturated heterocycles. The van der Waals surface area contributed by atoms with Crippen LogP contribution in [0.3, 0.4) is 0 Å². The van der Waals surface area contributed by atoms with Crippen molar-refractivity contribution in [3.8, 4) is 5.69 Å². The summed E-state index contributed by atoms with van der Waals surface area (Å²) in [6, 6.07) is 13.1. The van der Waals surface area contributed by atoms with Crippen LogP contribution in [0.25, 0.3) is 5.69 Å². The van der Waals surface area contributed by atoms with Crippen LogP contribution in [0.15, 0.2) is 64.3 Å². The largest absolute Gasteiger partial charge is 0.384 e. The molecule has 37 heavy (non-hydrogen) atoms. The molecule has 4 rings (SSSR count). The van der Waals surface area contributed by atoms with E-state index in [1.165, 1.54) is 25.1 Å². The van der Waals surface area contributed by atoms with E-state index in [1.54, 1.807) is 30.3 Å². The highest BCUT2D eigenvalue weighted by Crippen LogP contribution is 2.26. The molecule has 2 atom stereocenters. The van der Waals surface area contributed by atoms with Crippen LogP contribution >= 0.6 is 11.6 Å². The number of aromatic nitrogens is 3. The molecule has 10 heteroatoms. The maximum atomic E-state index is 13.3. The number of halogens is 1. The topological polar surface area (TPSA) is 126 Å². The summed E-state index contributed by atoms with van der Waals surface area (Å²) in [6.45, 7) is 1.22. The maximum absolute atomic E-state index is 13.3. The van der Waals surface area contributed by atoms with Crippen LogP contribution in [0, 0.1) is 5.92 Å². The van der Waals surface area contributed by atoms with Gasteiger partial charge in [0.1, 0.15) is 18.0 Å². The lowest BCUT2D eigenvalue weighted by molar-refractivity contribution is 0.0354. The van der Waals surface area contributed by atoms with E-state index in [1.807, 2.05) is 0 Å². The molecule has 1 amide bonds. The van der Waals surface area contributed by atoms with E-state index >= 15 is 0 Å². The number of carbonyl (C=O) groups excluding carboxylic acids is 1. The number of carbonyl (C=O) groups is 1. The van der Waals surface area contributed by atoms with Gasteiger partial charge in [-0.15, -0.1) is 0 Å². The van der Waals surface area contributed by atoms with E-state index in [0.717, 1.165) is 54.0 Å². The molecule has 196 valence electrons. The number of hydrogen-bond acceptors (Lipinski definition) is 6. The van der Waals surface area contributed by atoms with Gasteiger partial charge in [-0.3, -0.25) is 14.2 Å². The van der Waals surface area contributed by atoms with Crippen molar-refractivity contribution >= 4 is 17.5 Å². The lowest BCUT2D eigenvalue weighted by atomic mass is 9.96. The van der Waals surface area contributed by atoms with Gasteiger partial charge in [0, 0.05) is 5.92 Å². The Labute approximate surface area is 219 Å². The second-order valence-corrected chi connectivity index (χ2v) is 10.1. The molecule has 0 bridgehead atoms. The molecular formula is C27H31ClN4O5. The van der Waals surface area contributed by atoms with Gasteiger partial charge in [-0.25, -0.2) is 4.79 Å². The molecule has 2 unspecified atom stereocenters. The van der Waals surface area contributed by atoms with Crippen molar-refractivity contribution in [3.63, 3.8) is 0 Å². The highest BCUT2D eigenvalue weighted by Gasteiger charge is 2.27. The number of nitrogens with one attached hydrogen (secondary N) is 1. The molecular weight excluding hydrogens is 496 g/mol. The summed E-state index contributed by atoms with van der Waals surface area (Å²) in [4.78, 5) is 38.8.